The summed E-state index contributed by atoms with van der Waals surface area (Å²) in [6.45, 7) is 3.80. The zero-order valence-corrected chi connectivity index (χ0v) is 16.6. The quantitative estimate of drug-likeness (QED) is 0.312. The van der Waals surface area contributed by atoms with E-state index in [-0.39, 0.29) is 22.7 Å². The van der Waals surface area contributed by atoms with Crippen molar-refractivity contribution in [3.05, 3.63) is 36.3 Å². The molecular formula is C18H21N7O6. The van der Waals surface area contributed by atoms with Crippen LogP contribution in [0, 0.1) is 6.92 Å². The fourth-order valence-electron chi connectivity index (χ4n) is 3.24. The van der Waals surface area contributed by atoms with Crippen LogP contribution in [-0.4, -0.2) is 66.4 Å². The van der Waals surface area contributed by atoms with Gasteiger partial charge in [-0.25, -0.2) is 15.0 Å². The summed E-state index contributed by atoms with van der Waals surface area (Å²) in [5.74, 6) is -0.144. The monoisotopic (exact) mass is 431 g/mol. The number of ether oxygens (including phenoxy) is 1. The Morgan fingerprint density at radius 3 is 2.71 bits per heavy atom. The molecule has 1 fully saturated rings. The van der Waals surface area contributed by atoms with Crippen LogP contribution >= 0.6 is 0 Å². The number of aliphatic hydroxyl groups excluding tert-OH is 2. The Morgan fingerprint density at radius 2 is 2.00 bits per heavy atom. The molecule has 0 radical (unpaired) electrons. The normalized spacial score (nSPS) is 23.1. The highest BCUT2D eigenvalue weighted by Gasteiger charge is 2.47. The van der Waals surface area contributed by atoms with Crippen molar-refractivity contribution in [2.24, 2.45) is 0 Å². The van der Waals surface area contributed by atoms with Crippen LogP contribution in [0.1, 0.15) is 29.5 Å². The number of carbonyl (C=O) groups is 2. The number of rotatable bonds is 6. The van der Waals surface area contributed by atoms with Crippen molar-refractivity contribution in [1.29, 1.82) is 0 Å². The molecule has 1 aliphatic heterocycles. The van der Waals surface area contributed by atoms with E-state index in [1.54, 1.807) is 19.9 Å². The van der Waals surface area contributed by atoms with Gasteiger partial charge in [-0.2, -0.15) is 0 Å². The second kappa shape index (κ2) is 8.29. The lowest BCUT2D eigenvalue weighted by molar-refractivity contribution is -0.137. The first kappa shape index (κ1) is 20.7. The van der Waals surface area contributed by atoms with Crippen LogP contribution in [0.2, 0.25) is 0 Å². The Labute approximate surface area is 175 Å². The van der Waals surface area contributed by atoms with Gasteiger partial charge in [-0.3, -0.25) is 25.0 Å². The van der Waals surface area contributed by atoms with Crippen LogP contribution in [0.15, 0.2) is 29.2 Å². The highest BCUT2D eigenvalue weighted by atomic mass is 16.6. The third-order valence-electron chi connectivity index (χ3n) is 4.74. The molecule has 0 saturated carbocycles. The molecule has 3 aromatic heterocycles. The van der Waals surface area contributed by atoms with E-state index in [0.29, 0.717) is 12.3 Å². The summed E-state index contributed by atoms with van der Waals surface area (Å²) < 4.78 is 12.2. The van der Waals surface area contributed by atoms with Gasteiger partial charge in [0.15, 0.2) is 35.1 Å². The predicted octanol–water partition coefficient (Wildman–Crippen LogP) is -0.760. The van der Waals surface area contributed by atoms with E-state index in [0.717, 1.165) is 0 Å². The van der Waals surface area contributed by atoms with Gasteiger partial charge in [-0.1, -0.05) is 0 Å². The molecule has 13 nitrogen and oxygen atoms in total. The summed E-state index contributed by atoms with van der Waals surface area (Å²) in [5, 5.41) is 23.2. The number of fused-ring (bicyclic) bond motifs is 1. The number of hydrogen-bond acceptors (Lipinski definition) is 10. The Hall–Kier alpha value is -3.55. The summed E-state index contributed by atoms with van der Waals surface area (Å²) in [5.41, 5.74) is 5.64. The van der Waals surface area contributed by atoms with Crippen molar-refractivity contribution in [2.45, 2.75) is 38.4 Å². The lowest BCUT2D eigenvalue weighted by Crippen LogP contribution is -2.42. The molecule has 3 aromatic rings. The average Bonchev–Trinajstić information content (AvgIpc) is 3.45. The Kier molecular flexibility index (Phi) is 5.54. The highest BCUT2D eigenvalue weighted by Crippen LogP contribution is 2.32. The molecule has 4 rings (SSSR count). The topological polar surface area (TPSA) is 177 Å². The number of imidazole rings is 1. The van der Waals surface area contributed by atoms with Gasteiger partial charge in [0.2, 0.25) is 0 Å². The number of nitrogens with one attached hydrogen (secondary N) is 3. The molecule has 1 saturated heterocycles. The first-order chi connectivity index (χ1) is 14.9. The number of furan rings is 1. The van der Waals surface area contributed by atoms with Gasteiger partial charge in [0, 0.05) is 6.54 Å². The van der Waals surface area contributed by atoms with Crippen LogP contribution in [0.5, 0.6) is 0 Å². The minimum Gasteiger partial charge on any atom is -0.456 e. The molecule has 1 aliphatic rings. The van der Waals surface area contributed by atoms with E-state index in [1.807, 2.05) is 0 Å². The van der Waals surface area contributed by atoms with Crippen molar-refractivity contribution in [3.8, 4) is 0 Å². The minimum absolute atomic E-state index is 0.119. The number of aliphatic hydroxyl groups is 2. The number of nitrogens with zero attached hydrogens (tertiary/aromatic N) is 4. The van der Waals surface area contributed by atoms with E-state index in [1.165, 1.54) is 23.3 Å². The fraction of sp³-hybridized carbons (Fsp3) is 0.389. The molecule has 0 spiro atoms. The number of aromatic nitrogens is 4. The lowest BCUT2D eigenvalue weighted by Gasteiger charge is -2.16. The number of amides is 2. The molecular weight excluding hydrogens is 410 g/mol. The number of carbonyl (C=O) groups excluding carboxylic acids is 2. The third kappa shape index (κ3) is 3.81. The molecule has 0 aliphatic carbocycles. The zero-order valence-electron chi connectivity index (χ0n) is 16.6. The average molecular weight is 431 g/mol. The fourth-order valence-corrected chi connectivity index (χ4v) is 3.24. The highest BCUT2D eigenvalue weighted by molar-refractivity contribution is 5.93. The summed E-state index contributed by atoms with van der Waals surface area (Å²) in [7, 11) is 0. The number of likely N-dealkylation sites (N-methyl/N-ethyl adjacent to an activating group) is 1. The number of hydrazine groups is 1. The van der Waals surface area contributed by atoms with Gasteiger partial charge >= 0.3 is 5.91 Å². The summed E-state index contributed by atoms with van der Waals surface area (Å²) >= 11 is 0. The van der Waals surface area contributed by atoms with Crippen LogP contribution in [0.3, 0.4) is 0 Å². The molecule has 5 N–H and O–H groups in total. The maximum atomic E-state index is 12.2. The second-order valence-corrected chi connectivity index (χ2v) is 6.86. The minimum atomic E-state index is -1.43. The first-order valence-corrected chi connectivity index (χ1v) is 9.50. The van der Waals surface area contributed by atoms with Crippen molar-refractivity contribution < 1.29 is 29.0 Å². The smallest absolute Gasteiger partial charge is 0.305 e. The van der Waals surface area contributed by atoms with Crippen LogP contribution in [0.4, 0.5) is 5.82 Å². The largest absolute Gasteiger partial charge is 0.456 e. The molecule has 2 amide bonds. The van der Waals surface area contributed by atoms with Gasteiger partial charge in [0.25, 0.3) is 5.91 Å². The van der Waals surface area contributed by atoms with Crippen LogP contribution in [-0.2, 0) is 9.53 Å². The third-order valence-corrected chi connectivity index (χ3v) is 4.74. The van der Waals surface area contributed by atoms with Gasteiger partial charge < -0.3 is 24.7 Å². The van der Waals surface area contributed by atoms with Crippen LogP contribution < -0.4 is 16.2 Å². The van der Waals surface area contributed by atoms with Crippen molar-refractivity contribution in [2.75, 3.05) is 12.0 Å². The molecule has 0 aromatic carbocycles. The molecule has 0 bridgehead atoms. The van der Waals surface area contributed by atoms with E-state index < -0.39 is 36.4 Å². The Balaban J connectivity index is 1.55. The molecule has 4 atom stereocenters. The predicted molar refractivity (Wildman–Crippen MR) is 104 cm³/mol. The van der Waals surface area contributed by atoms with Gasteiger partial charge in [-0.15, -0.1) is 0 Å². The zero-order chi connectivity index (χ0) is 22.1. The summed E-state index contributed by atoms with van der Waals surface area (Å²) in [4.78, 5) is 36.7. The van der Waals surface area contributed by atoms with E-state index in [4.69, 9.17) is 9.15 Å². The Bertz CT molecular complexity index is 1110. The molecule has 31 heavy (non-hydrogen) atoms. The number of aryl methyl sites for hydroxylation is 1. The Morgan fingerprint density at radius 1 is 1.19 bits per heavy atom. The standard InChI is InChI=1S/C18H21N7O6/c1-3-19-17(29)13-11(26)12(27)18(31-13)25-7-22-10-14(20-6-21-15(10)25)23-24-16(28)9-5-4-8(2)30-9/h4-7,11-13,18,26-27H,3H2,1-2H3,(H,19,29)(H,24,28)(H,20,21,23)/t11-,12+,13-,18+/m1/s1. The van der Waals surface area contributed by atoms with E-state index >= 15 is 0 Å². The first-order valence-electron chi connectivity index (χ1n) is 9.50. The van der Waals surface area contributed by atoms with Crippen molar-refractivity contribution >= 4 is 28.8 Å². The molecule has 0 unspecified atom stereocenters. The van der Waals surface area contributed by atoms with Crippen molar-refractivity contribution in [3.63, 3.8) is 0 Å². The van der Waals surface area contributed by atoms with Crippen molar-refractivity contribution in [1.82, 2.24) is 30.3 Å². The summed E-state index contributed by atoms with van der Waals surface area (Å²) in [6.07, 6.45) is -2.60. The molecule has 4 heterocycles. The maximum absolute atomic E-state index is 12.2. The number of anilines is 1. The van der Waals surface area contributed by atoms with Gasteiger partial charge in [0.05, 0.1) is 6.33 Å². The molecule has 13 heteroatoms. The second-order valence-electron chi connectivity index (χ2n) is 6.86. The van der Waals surface area contributed by atoms with Gasteiger partial charge in [-0.05, 0) is 26.0 Å². The lowest BCUT2D eigenvalue weighted by atomic mass is 10.1. The summed E-state index contributed by atoms with van der Waals surface area (Å²) in [6, 6.07) is 3.20. The number of hydrogen-bond donors (Lipinski definition) is 5. The maximum Gasteiger partial charge on any atom is 0.305 e. The van der Waals surface area contributed by atoms with Gasteiger partial charge in [0.1, 0.15) is 24.3 Å². The molecule has 164 valence electrons. The SMILES string of the molecule is CCNC(=O)[C@@H]1O[C@H](n2cnc3c(NNC(=O)c4ccc(C)o4)ncnc32)[C@@H](O)[C@H]1O. The van der Waals surface area contributed by atoms with E-state index in [9.17, 15) is 19.8 Å². The van der Waals surface area contributed by atoms with Crippen LogP contribution in [0.25, 0.3) is 11.2 Å². The van der Waals surface area contributed by atoms with E-state index in [2.05, 4.69) is 31.1 Å².